The van der Waals surface area contributed by atoms with Crippen molar-refractivity contribution in [1.29, 1.82) is 0 Å². The highest BCUT2D eigenvalue weighted by Crippen LogP contribution is 2.49. The zero-order valence-corrected chi connectivity index (χ0v) is 12.3. The van der Waals surface area contributed by atoms with Gasteiger partial charge in [-0.15, -0.1) is 12.4 Å². The Hall–Kier alpha value is -0.280. The van der Waals surface area contributed by atoms with Crippen LogP contribution in [-0.2, 0) is 4.79 Å². The molecule has 0 heterocycles. The van der Waals surface area contributed by atoms with E-state index < -0.39 is 0 Å². The first kappa shape index (κ1) is 15.8. The monoisotopic (exact) mass is 274 g/mol. The van der Waals surface area contributed by atoms with Gasteiger partial charge in [-0.1, -0.05) is 32.6 Å². The second kappa shape index (κ2) is 6.25. The van der Waals surface area contributed by atoms with E-state index in [-0.39, 0.29) is 29.3 Å². The van der Waals surface area contributed by atoms with Crippen LogP contribution >= 0.6 is 12.4 Å². The van der Waals surface area contributed by atoms with Crippen molar-refractivity contribution in [3.8, 4) is 0 Å². The van der Waals surface area contributed by atoms with Crippen molar-refractivity contribution in [2.24, 2.45) is 11.1 Å². The molecule has 0 atom stereocenters. The Bertz CT molecular complexity index is 284. The van der Waals surface area contributed by atoms with Crippen molar-refractivity contribution in [1.82, 2.24) is 5.32 Å². The van der Waals surface area contributed by atoms with E-state index in [1.54, 1.807) is 0 Å². The molecule has 0 saturated heterocycles. The molecule has 2 saturated carbocycles. The van der Waals surface area contributed by atoms with E-state index in [0.717, 1.165) is 38.5 Å². The first-order valence-electron chi connectivity index (χ1n) is 7.17. The molecule has 0 aromatic rings. The first-order valence-corrected chi connectivity index (χ1v) is 7.17. The molecule has 2 aliphatic carbocycles. The van der Waals surface area contributed by atoms with E-state index in [2.05, 4.69) is 12.2 Å². The Balaban J connectivity index is 0.00000162. The molecule has 4 heteroatoms. The highest BCUT2D eigenvalue weighted by Gasteiger charge is 2.48. The number of nitrogens with one attached hydrogen (secondary N) is 1. The summed E-state index contributed by atoms with van der Waals surface area (Å²) >= 11 is 0. The maximum absolute atomic E-state index is 12.1. The van der Waals surface area contributed by atoms with Gasteiger partial charge in [-0.3, -0.25) is 4.79 Å². The van der Waals surface area contributed by atoms with Crippen LogP contribution in [0.25, 0.3) is 0 Å². The molecule has 0 spiro atoms. The lowest BCUT2D eigenvalue weighted by Crippen LogP contribution is -2.52. The minimum Gasteiger partial charge on any atom is -0.354 e. The van der Waals surface area contributed by atoms with Gasteiger partial charge in [0.2, 0.25) is 5.91 Å². The molecule has 2 rings (SSSR count). The third kappa shape index (κ3) is 3.61. The lowest BCUT2D eigenvalue weighted by atomic mass is 9.82. The van der Waals surface area contributed by atoms with E-state index in [9.17, 15) is 4.79 Å². The van der Waals surface area contributed by atoms with Gasteiger partial charge in [0, 0.05) is 17.5 Å². The quantitative estimate of drug-likeness (QED) is 0.810. The number of amides is 1. The van der Waals surface area contributed by atoms with Crippen LogP contribution in [0.4, 0.5) is 0 Å². The summed E-state index contributed by atoms with van der Waals surface area (Å²) in [4.78, 5) is 12.1. The normalized spacial score (nSPS) is 23.9. The van der Waals surface area contributed by atoms with E-state index in [1.807, 2.05) is 0 Å². The first-order chi connectivity index (χ1) is 8.10. The van der Waals surface area contributed by atoms with Gasteiger partial charge in [0.1, 0.15) is 0 Å². The summed E-state index contributed by atoms with van der Waals surface area (Å²) in [5.74, 6) is 0.259. The number of carbonyl (C=O) groups is 1. The second-order valence-corrected chi connectivity index (χ2v) is 6.14. The van der Waals surface area contributed by atoms with E-state index >= 15 is 0 Å². The van der Waals surface area contributed by atoms with Crippen LogP contribution in [0.5, 0.6) is 0 Å². The molecule has 0 bridgehead atoms. The topological polar surface area (TPSA) is 55.1 Å². The molecule has 3 nitrogen and oxygen atoms in total. The number of hydrogen-bond acceptors (Lipinski definition) is 2. The average molecular weight is 275 g/mol. The Morgan fingerprint density at radius 3 is 2.28 bits per heavy atom. The van der Waals surface area contributed by atoms with Crippen LogP contribution in [0.2, 0.25) is 0 Å². The molecule has 0 aromatic heterocycles. The molecular formula is C14H27ClN2O. The fraction of sp³-hybridized carbons (Fsp3) is 0.929. The predicted molar refractivity (Wildman–Crippen MR) is 76.8 cm³/mol. The van der Waals surface area contributed by atoms with Crippen molar-refractivity contribution >= 4 is 18.3 Å². The Labute approximate surface area is 117 Å². The highest BCUT2D eigenvalue weighted by molar-refractivity contribution is 5.85. The number of rotatable bonds is 5. The maximum atomic E-state index is 12.1. The fourth-order valence-electron chi connectivity index (χ4n) is 3.10. The standard InChI is InChI=1S/C14H26N2O.ClH/c1-2-6-13(9-10-13)12(17)16-11-14(15)7-4-3-5-8-14;/h2-11,15H2,1H3,(H,16,17);1H. The van der Waals surface area contributed by atoms with Crippen molar-refractivity contribution in [2.45, 2.75) is 70.3 Å². The molecule has 2 aliphatic rings. The van der Waals surface area contributed by atoms with Gasteiger partial charge in [-0.05, 0) is 32.1 Å². The zero-order chi connectivity index (χ0) is 12.4. The van der Waals surface area contributed by atoms with Crippen molar-refractivity contribution in [3.63, 3.8) is 0 Å². The molecule has 3 N–H and O–H groups in total. The van der Waals surface area contributed by atoms with E-state index in [1.165, 1.54) is 19.3 Å². The smallest absolute Gasteiger partial charge is 0.226 e. The Kier molecular flexibility index (Phi) is 5.47. The summed E-state index contributed by atoms with van der Waals surface area (Å²) in [6.45, 7) is 2.83. The predicted octanol–water partition coefficient (Wildman–Crippen LogP) is 2.77. The van der Waals surface area contributed by atoms with Crippen LogP contribution in [0, 0.1) is 5.41 Å². The van der Waals surface area contributed by atoms with Gasteiger partial charge in [-0.25, -0.2) is 0 Å². The van der Waals surface area contributed by atoms with Crippen LogP contribution in [-0.4, -0.2) is 18.0 Å². The Morgan fingerprint density at radius 2 is 1.78 bits per heavy atom. The highest BCUT2D eigenvalue weighted by atomic mass is 35.5. The van der Waals surface area contributed by atoms with Crippen LogP contribution < -0.4 is 11.1 Å². The summed E-state index contributed by atoms with van der Waals surface area (Å²) in [5.41, 5.74) is 6.19. The SMILES string of the molecule is CCCC1(C(=O)NCC2(N)CCCCC2)CC1.Cl. The summed E-state index contributed by atoms with van der Waals surface area (Å²) in [7, 11) is 0. The van der Waals surface area contributed by atoms with E-state index in [0.29, 0.717) is 6.54 Å². The lowest BCUT2D eigenvalue weighted by molar-refractivity contribution is -0.126. The number of carbonyl (C=O) groups excluding carboxylic acids is 1. The maximum Gasteiger partial charge on any atom is 0.226 e. The van der Waals surface area contributed by atoms with Gasteiger partial charge in [0.05, 0.1) is 0 Å². The van der Waals surface area contributed by atoms with Crippen LogP contribution in [0.3, 0.4) is 0 Å². The van der Waals surface area contributed by atoms with Crippen LogP contribution in [0.1, 0.15) is 64.7 Å². The van der Waals surface area contributed by atoms with Gasteiger partial charge in [-0.2, -0.15) is 0 Å². The molecule has 18 heavy (non-hydrogen) atoms. The summed E-state index contributed by atoms with van der Waals surface area (Å²) < 4.78 is 0. The summed E-state index contributed by atoms with van der Waals surface area (Å²) in [6, 6.07) is 0. The van der Waals surface area contributed by atoms with Gasteiger partial charge < -0.3 is 11.1 Å². The van der Waals surface area contributed by atoms with Gasteiger partial charge in [0.15, 0.2) is 0 Å². The summed E-state index contributed by atoms with van der Waals surface area (Å²) in [5, 5.41) is 3.12. The minimum absolute atomic E-state index is 0. The summed E-state index contributed by atoms with van der Waals surface area (Å²) in [6.07, 6.45) is 10.1. The molecule has 0 unspecified atom stereocenters. The zero-order valence-electron chi connectivity index (χ0n) is 11.5. The fourth-order valence-corrected chi connectivity index (χ4v) is 3.10. The molecule has 1 amide bonds. The molecular weight excluding hydrogens is 248 g/mol. The molecule has 0 aromatic carbocycles. The number of halogens is 1. The molecule has 106 valence electrons. The number of nitrogens with two attached hydrogens (primary N) is 1. The second-order valence-electron chi connectivity index (χ2n) is 6.14. The van der Waals surface area contributed by atoms with Gasteiger partial charge >= 0.3 is 0 Å². The largest absolute Gasteiger partial charge is 0.354 e. The third-order valence-electron chi connectivity index (χ3n) is 4.51. The lowest BCUT2D eigenvalue weighted by Gasteiger charge is -2.34. The molecule has 0 aliphatic heterocycles. The van der Waals surface area contributed by atoms with Gasteiger partial charge in [0.25, 0.3) is 0 Å². The Morgan fingerprint density at radius 1 is 1.17 bits per heavy atom. The van der Waals surface area contributed by atoms with Crippen molar-refractivity contribution < 1.29 is 4.79 Å². The van der Waals surface area contributed by atoms with Crippen LogP contribution in [0.15, 0.2) is 0 Å². The molecule has 0 radical (unpaired) electrons. The number of hydrogen-bond donors (Lipinski definition) is 2. The third-order valence-corrected chi connectivity index (χ3v) is 4.51. The van der Waals surface area contributed by atoms with E-state index in [4.69, 9.17) is 5.73 Å². The average Bonchev–Trinajstić information content (AvgIpc) is 3.09. The molecule has 2 fully saturated rings. The van der Waals surface area contributed by atoms with Crippen molar-refractivity contribution in [2.75, 3.05) is 6.54 Å². The van der Waals surface area contributed by atoms with Crippen molar-refractivity contribution in [3.05, 3.63) is 0 Å². The minimum atomic E-state index is -0.129.